The summed E-state index contributed by atoms with van der Waals surface area (Å²) in [4.78, 5) is 4.90. The summed E-state index contributed by atoms with van der Waals surface area (Å²) in [6.07, 6.45) is 1.23. The first kappa shape index (κ1) is 14.8. The molecule has 1 aliphatic rings. The van der Waals surface area contributed by atoms with Gasteiger partial charge in [0.15, 0.2) is 0 Å². The minimum absolute atomic E-state index is 0.389. The first-order chi connectivity index (χ1) is 9.11. The zero-order valence-electron chi connectivity index (χ0n) is 12.1. The van der Waals surface area contributed by atoms with Gasteiger partial charge < -0.3 is 15.1 Å². The third-order valence-corrected chi connectivity index (χ3v) is 4.60. The molecule has 0 amide bonds. The Labute approximate surface area is 125 Å². The molecule has 1 N–H and O–H groups in total. The number of hydrogen-bond donors (Lipinski definition) is 1. The molecule has 0 saturated carbocycles. The highest BCUT2D eigenvalue weighted by molar-refractivity contribution is 9.10. The Morgan fingerprint density at radius 1 is 1.21 bits per heavy atom. The molecule has 1 atom stereocenters. The second kappa shape index (κ2) is 6.73. The number of halogens is 1. The normalized spacial score (nSPS) is 19.3. The van der Waals surface area contributed by atoms with Gasteiger partial charge in [-0.2, -0.15) is 0 Å². The van der Waals surface area contributed by atoms with Crippen LogP contribution in [0.25, 0.3) is 0 Å². The maximum absolute atomic E-state index is 3.74. The Morgan fingerprint density at radius 3 is 2.68 bits per heavy atom. The van der Waals surface area contributed by atoms with Crippen LogP contribution >= 0.6 is 15.9 Å². The summed E-state index contributed by atoms with van der Waals surface area (Å²) in [5.41, 5.74) is 2.65. The first-order valence-corrected chi connectivity index (χ1v) is 7.81. The number of nitrogens with one attached hydrogen (secondary N) is 1. The summed E-state index contributed by atoms with van der Waals surface area (Å²) in [7, 11) is 4.20. The van der Waals surface area contributed by atoms with E-state index in [1.807, 2.05) is 7.05 Å². The summed E-state index contributed by atoms with van der Waals surface area (Å²) in [5, 5.41) is 3.28. The fourth-order valence-corrected chi connectivity index (χ4v) is 3.15. The van der Waals surface area contributed by atoms with Gasteiger partial charge in [0.2, 0.25) is 0 Å². The number of nitrogens with zero attached hydrogens (tertiary/aromatic N) is 2. The molecule has 1 unspecified atom stereocenters. The van der Waals surface area contributed by atoms with Gasteiger partial charge in [0, 0.05) is 30.1 Å². The van der Waals surface area contributed by atoms with E-state index < -0.39 is 0 Å². The molecule has 1 aromatic rings. The Morgan fingerprint density at radius 2 is 2.00 bits per heavy atom. The Balaban J connectivity index is 2.16. The highest BCUT2D eigenvalue weighted by atomic mass is 79.9. The first-order valence-electron chi connectivity index (χ1n) is 7.02. The van der Waals surface area contributed by atoms with Crippen LogP contribution in [0.1, 0.15) is 24.9 Å². The molecule has 19 heavy (non-hydrogen) atoms. The van der Waals surface area contributed by atoms with Gasteiger partial charge >= 0.3 is 0 Å². The van der Waals surface area contributed by atoms with Crippen molar-refractivity contribution in [2.24, 2.45) is 0 Å². The predicted molar refractivity (Wildman–Crippen MR) is 85.9 cm³/mol. The summed E-state index contributed by atoms with van der Waals surface area (Å²) >= 11 is 3.74. The summed E-state index contributed by atoms with van der Waals surface area (Å²) in [6.45, 7) is 6.77. The zero-order valence-corrected chi connectivity index (χ0v) is 13.7. The van der Waals surface area contributed by atoms with Gasteiger partial charge in [-0.15, -0.1) is 0 Å². The third kappa shape index (κ3) is 3.71. The molecule has 1 aliphatic heterocycles. The highest BCUT2D eigenvalue weighted by Crippen LogP contribution is 2.30. The molecular weight excluding hydrogens is 302 g/mol. The van der Waals surface area contributed by atoms with E-state index in [1.165, 1.54) is 28.7 Å². The second-order valence-electron chi connectivity index (χ2n) is 5.37. The van der Waals surface area contributed by atoms with E-state index in [-0.39, 0.29) is 0 Å². The van der Waals surface area contributed by atoms with Crippen LogP contribution in [0.4, 0.5) is 5.69 Å². The van der Waals surface area contributed by atoms with Gasteiger partial charge in [-0.1, -0.05) is 6.07 Å². The standard InChI is InChI=1S/C15H24BrN3/c1-12(17-2)13-5-6-15(14(16)11-13)19-8-4-7-18(3)9-10-19/h5-6,11-12,17H,4,7-10H2,1-3H3. The van der Waals surface area contributed by atoms with Gasteiger partial charge in [-0.25, -0.2) is 0 Å². The topological polar surface area (TPSA) is 18.5 Å². The molecule has 0 aliphatic carbocycles. The Hall–Kier alpha value is -0.580. The lowest BCUT2D eigenvalue weighted by Gasteiger charge is -2.25. The largest absolute Gasteiger partial charge is 0.369 e. The van der Waals surface area contributed by atoms with Crippen molar-refractivity contribution in [2.75, 3.05) is 45.2 Å². The monoisotopic (exact) mass is 325 g/mol. The average molecular weight is 326 g/mol. The van der Waals surface area contributed by atoms with Crippen molar-refractivity contribution in [3.8, 4) is 0 Å². The quantitative estimate of drug-likeness (QED) is 0.921. The lowest BCUT2D eigenvalue weighted by atomic mass is 10.1. The van der Waals surface area contributed by atoms with Crippen LogP contribution in [0.2, 0.25) is 0 Å². The molecule has 2 rings (SSSR count). The van der Waals surface area contributed by atoms with Gasteiger partial charge in [-0.3, -0.25) is 0 Å². The number of benzene rings is 1. The smallest absolute Gasteiger partial charge is 0.0511 e. The fraction of sp³-hybridized carbons (Fsp3) is 0.600. The maximum Gasteiger partial charge on any atom is 0.0511 e. The van der Waals surface area contributed by atoms with Gasteiger partial charge in [0.25, 0.3) is 0 Å². The average Bonchev–Trinajstić information content (AvgIpc) is 2.62. The summed E-state index contributed by atoms with van der Waals surface area (Å²) in [5.74, 6) is 0. The molecule has 1 aromatic carbocycles. The number of rotatable bonds is 3. The molecule has 106 valence electrons. The second-order valence-corrected chi connectivity index (χ2v) is 6.22. The van der Waals surface area contributed by atoms with E-state index in [0.29, 0.717) is 6.04 Å². The summed E-state index contributed by atoms with van der Waals surface area (Å²) in [6, 6.07) is 7.11. The summed E-state index contributed by atoms with van der Waals surface area (Å²) < 4.78 is 1.21. The van der Waals surface area contributed by atoms with Crippen molar-refractivity contribution in [1.29, 1.82) is 0 Å². The molecule has 0 radical (unpaired) electrons. The molecule has 0 bridgehead atoms. The van der Waals surface area contributed by atoms with Crippen LogP contribution in [0.3, 0.4) is 0 Å². The number of hydrogen-bond acceptors (Lipinski definition) is 3. The van der Waals surface area contributed by atoms with E-state index in [2.05, 4.69) is 63.2 Å². The van der Waals surface area contributed by atoms with Crippen molar-refractivity contribution < 1.29 is 0 Å². The van der Waals surface area contributed by atoms with Crippen molar-refractivity contribution in [3.63, 3.8) is 0 Å². The van der Waals surface area contributed by atoms with Crippen LogP contribution in [-0.2, 0) is 0 Å². The Bertz CT molecular complexity index is 422. The molecule has 1 saturated heterocycles. The van der Waals surface area contributed by atoms with E-state index in [0.717, 1.165) is 19.6 Å². The SMILES string of the molecule is CNC(C)c1ccc(N2CCCN(C)CC2)c(Br)c1. The molecular formula is C15H24BrN3. The van der Waals surface area contributed by atoms with Crippen molar-refractivity contribution in [1.82, 2.24) is 10.2 Å². The molecule has 0 spiro atoms. The number of likely N-dealkylation sites (N-methyl/N-ethyl adjacent to an activating group) is 1. The van der Waals surface area contributed by atoms with Crippen LogP contribution in [0.15, 0.2) is 22.7 Å². The van der Waals surface area contributed by atoms with E-state index in [4.69, 9.17) is 0 Å². The van der Waals surface area contributed by atoms with Crippen molar-refractivity contribution in [2.45, 2.75) is 19.4 Å². The molecule has 1 fully saturated rings. The maximum atomic E-state index is 3.74. The van der Waals surface area contributed by atoms with Crippen LogP contribution in [0, 0.1) is 0 Å². The predicted octanol–water partition coefficient (Wildman–Crippen LogP) is 2.87. The van der Waals surface area contributed by atoms with Crippen LogP contribution in [0.5, 0.6) is 0 Å². The lowest BCUT2D eigenvalue weighted by Crippen LogP contribution is -2.29. The van der Waals surface area contributed by atoms with Gasteiger partial charge in [-0.05, 0) is 67.6 Å². The van der Waals surface area contributed by atoms with Crippen LogP contribution < -0.4 is 10.2 Å². The molecule has 0 aromatic heterocycles. The lowest BCUT2D eigenvalue weighted by molar-refractivity contribution is 0.360. The van der Waals surface area contributed by atoms with Gasteiger partial charge in [0.1, 0.15) is 0 Å². The zero-order chi connectivity index (χ0) is 13.8. The fourth-order valence-electron chi connectivity index (χ4n) is 2.50. The molecule has 3 nitrogen and oxygen atoms in total. The van der Waals surface area contributed by atoms with E-state index in [1.54, 1.807) is 0 Å². The number of anilines is 1. The molecule has 4 heteroatoms. The van der Waals surface area contributed by atoms with E-state index in [9.17, 15) is 0 Å². The van der Waals surface area contributed by atoms with Crippen molar-refractivity contribution >= 4 is 21.6 Å². The van der Waals surface area contributed by atoms with Crippen LogP contribution in [-0.4, -0.2) is 45.2 Å². The molecule has 1 heterocycles. The van der Waals surface area contributed by atoms with E-state index >= 15 is 0 Å². The highest BCUT2D eigenvalue weighted by Gasteiger charge is 2.15. The minimum atomic E-state index is 0.389. The van der Waals surface area contributed by atoms with Gasteiger partial charge in [0.05, 0.1) is 5.69 Å². The Kier molecular flexibility index (Phi) is 5.25. The van der Waals surface area contributed by atoms with Crippen molar-refractivity contribution in [3.05, 3.63) is 28.2 Å². The third-order valence-electron chi connectivity index (χ3n) is 3.96. The minimum Gasteiger partial charge on any atom is -0.369 e.